The average Bonchev–Trinajstić information content (AvgIpc) is 2.93. The number of ether oxygens (including phenoxy) is 2. The van der Waals surface area contributed by atoms with Crippen molar-refractivity contribution < 1.29 is 19.4 Å². The zero-order valence-corrected chi connectivity index (χ0v) is 10.7. The summed E-state index contributed by atoms with van der Waals surface area (Å²) in [4.78, 5) is 10.5. The minimum atomic E-state index is -0.848. The summed E-state index contributed by atoms with van der Waals surface area (Å²) in [5.74, 6) is 0.543. The third kappa shape index (κ3) is 2.56. The molecule has 0 bridgehead atoms. The van der Waals surface area contributed by atoms with E-state index >= 15 is 0 Å². The number of aryl methyl sites for hydroxylation is 1. The molecule has 7 nitrogen and oxygen atoms in total. The number of carboxylic acids is 1. The van der Waals surface area contributed by atoms with Crippen molar-refractivity contribution in [2.75, 3.05) is 13.2 Å². The topological polar surface area (TPSA) is 86.5 Å². The third-order valence-electron chi connectivity index (χ3n) is 2.93. The van der Waals surface area contributed by atoms with E-state index < -0.39 is 5.97 Å². The highest BCUT2D eigenvalue weighted by Crippen LogP contribution is 2.31. The molecule has 104 valence electrons. The molecule has 0 saturated carbocycles. The highest BCUT2D eigenvalue weighted by molar-refractivity contribution is 5.66. The van der Waals surface area contributed by atoms with Gasteiger partial charge in [0.1, 0.15) is 13.2 Å². The maximum atomic E-state index is 10.5. The number of hydrogen-bond donors (Lipinski definition) is 1. The Kier molecular flexibility index (Phi) is 3.24. The zero-order chi connectivity index (χ0) is 13.9. The highest BCUT2D eigenvalue weighted by Gasteiger charge is 2.13. The number of aromatic nitrogens is 3. The Balaban J connectivity index is 1.80. The van der Waals surface area contributed by atoms with Crippen molar-refractivity contribution in [2.45, 2.75) is 12.8 Å². The van der Waals surface area contributed by atoms with Crippen LogP contribution in [0.4, 0.5) is 0 Å². The van der Waals surface area contributed by atoms with Gasteiger partial charge in [-0.3, -0.25) is 4.79 Å². The lowest BCUT2D eigenvalue weighted by molar-refractivity contribution is -0.136. The summed E-state index contributed by atoms with van der Waals surface area (Å²) in [6.07, 6.45) is 2.12. The van der Waals surface area contributed by atoms with Crippen molar-refractivity contribution in [3.8, 4) is 17.2 Å². The van der Waals surface area contributed by atoms with Crippen LogP contribution in [0.5, 0.6) is 11.5 Å². The van der Waals surface area contributed by atoms with Crippen molar-refractivity contribution in [3.05, 3.63) is 30.1 Å². The van der Waals surface area contributed by atoms with E-state index in [1.807, 2.05) is 18.2 Å². The third-order valence-corrected chi connectivity index (χ3v) is 2.93. The van der Waals surface area contributed by atoms with E-state index in [1.165, 1.54) is 0 Å². The Hall–Kier alpha value is -2.57. The molecular weight excluding hydrogens is 262 g/mol. The van der Waals surface area contributed by atoms with Gasteiger partial charge in [-0.25, -0.2) is 4.68 Å². The van der Waals surface area contributed by atoms with Gasteiger partial charge in [-0.05, 0) is 12.1 Å². The van der Waals surface area contributed by atoms with Crippen molar-refractivity contribution in [1.82, 2.24) is 15.0 Å². The number of carbonyl (C=O) groups is 1. The second kappa shape index (κ2) is 5.20. The molecule has 20 heavy (non-hydrogen) atoms. The van der Waals surface area contributed by atoms with Gasteiger partial charge in [0.25, 0.3) is 0 Å². The van der Waals surface area contributed by atoms with E-state index in [4.69, 9.17) is 14.6 Å². The summed E-state index contributed by atoms with van der Waals surface area (Å²) in [6, 6.07) is 5.50. The fourth-order valence-electron chi connectivity index (χ4n) is 1.95. The lowest BCUT2D eigenvalue weighted by atomic mass is 10.2. The van der Waals surface area contributed by atoms with E-state index in [9.17, 15) is 4.79 Å². The van der Waals surface area contributed by atoms with Gasteiger partial charge in [-0.2, -0.15) is 0 Å². The molecule has 0 aliphatic carbocycles. The number of fused-ring (bicyclic) bond motifs is 1. The van der Waals surface area contributed by atoms with Crippen LogP contribution in [0.2, 0.25) is 0 Å². The predicted molar refractivity (Wildman–Crippen MR) is 68.3 cm³/mol. The van der Waals surface area contributed by atoms with Crippen LogP contribution in [0.3, 0.4) is 0 Å². The molecule has 1 aromatic heterocycles. The fourth-order valence-corrected chi connectivity index (χ4v) is 1.95. The Morgan fingerprint density at radius 2 is 2.10 bits per heavy atom. The summed E-state index contributed by atoms with van der Waals surface area (Å²) in [5, 5.41) is 16.6. The quantitative estimate of drug-likeness (QED) is 0.897. The SMILES string of the molecule is O=C(O)CCc1cn(-c2ccc3c(c2)OCCO3)nn1. The molecule has 1 N–H and O–H groups in total. The largest absolute Gasteiger partial charge is 0.486 e. The van der Waals surface area contributed by atoms with Crippen LogP contribution in [0.15, 0.2) is 24.4 Å². The molecule has 3 rings (SSSR count). The van der Waals surface area contributed by atoms with E-state index in [2.05, 4.69) is 10.3 Å². The Labute approximate surface area is 114 Å². The molecule has 2 aromatic rings. The fraction of sp³-hybridized carbons (Fsp3) is 0.308. The van der Waals surface area contributed by atoms with Gasteiger partial charge in [0.05, 0.1) is 24.0 Å². The second-order valence-corrected chi connectivity index (χ2v) is 4.38. The van der Waals surface area contributed by atoms with Gasteiger partial charge < -0.3 is 14.6 Å². The first-order chi connectivity index (χ1) is 9.72. The predicted octanol–water partition coefficient (Wildman–Crippen LogP) is 1.06. The minimum Gasteiger partial charge on any atom is -0.486 e. The molecular formula is C13H13N3O4. The molecule has 0 atom stereocenters. The van der Waals surface area contributed by atoms with E-state index in [-0.39, 0.29) is 6.42 Å². The molecule has 1 aliphatic rings. The monoisotopic (exact) mass is 275 g/mol. The van der Waals surface area contributed by atoms with Gasteiger partial charge in [0, 0.05) is 12.5 Å². The molecule has 0 fully saturated rings. The maximum Gasteiger partial charge on any atom is 0.303 e. The summed E-state index contributed by atoms with van der Waals surface area (Å²) in [7, 11) is 0. The van der Waals surface area contributed by atoms with Gasteiger partial charge in [-0.15, -0.1) is 5.10 Å². The van der Waals surface area contributed by atoms with Gasteiger partial charge in [-0.1, -0.05) is 5.21 Å². The standard InChI is InChI=1S/C13H13N3O4/c17-13(18)4-1-9-8-16(15-14-9)10-2-3-11-12(7-10)20-6-5-19-11/h2-3,7-8H,1,4-6H2,(H,17,18). The number of carboxylic acid groups (broad SMARTS) is 1. The Bertz CT molecular complexity index is 638. The molecule has 0 amide bonds. The van der Waals surface area contributed by atoms with Gasteiger partial charge >= 0.3 is 5.97 Å². The number of rotatable bonds is 4. The first kappa shape index (κ1) is 12.5. The van der Waals surface area contributed by atoms with Crippen molar-refractivity contribution >= 4 is 5.97 Å². The number of nitrogens with zero attached hydrogens (tertiary/aromatic N) is 3. The van der Waals surface area contributed by atoms with Crippen LogP contribution < -0.4 is 9.47 Å². The van der Waals surface area contributed by atoms with Gasteiger partial charge in [0.15, 0.2) is 11.5 Å². The van der Waals surface area contributed by atoms with E-state index in [0.29, 0.717) is 36.8 Å². The van der Waals surface area contributed by atoms with Gasteiger partial charge in [0.2, 0.25) is 0 Å². The molecule has 0 unspecified atom stereocenters. The van der Waals surface area contributed by atoms with E-state index in [1.54, 1.807) is 10.9 Å². The van der Waals surface area contributed by atoms with Crippen LogP contribution in [0, 0.1) is 0 Å². The Morgan fingerprint density at radius 1 is 1.30 bits per heavy atom. The first-order valence-corrected chi connectivity index (χ1v) is 6.25. The summed E-state index contributed by atoms with van der Waals surface area (Å²) < 4.78 is 12.5. The molecule has 0 radical (unpaired) electrons. The molecule has 7 heteroatoms. The van der Waals surface area contributed by atoms with Crippen LogP contribution in [0.25, 0.3) is 5.69 Å². The van der Waals surface area contributed by atoms with Crippen molar-refractivity contribution in [3.63, 3.8) is 0 Å². The maximum absolute atomic E-state index is 10.5. The van der Waals surface area contributed by atoms with Crippen molar-refractivity contribution in [1.29, 1.82) is 0 Å². The van der Waals surface area contributed by atoms with Crippen LogP contribution in [-0.4, -0.2) is 39.3 Å². The van der Waals surface area contributed by atoms with Crippen LogP contribution in [-0.2, 0) is 11.2 Å². The second-order valence-electron chi connectivity index (χ2n) is 4.38. The first-order valence-electron chi connectivity index (χ1n) is 6.25. The highest BCUT2D eigenvalue weighted by atomic mass is 16.6. The minimum absolute atomic E-state index is 0.0415. The molecule has 1 aromatic carbocycles. The normalized spacial score (nSPS) is 13.2. The number of aliphatic carboxylic acids is 1. The lowest BCUT2D eigenvalue weighted by Gasteiger charge is -2.18. The summed E-state index contributed by atoms with van der Waals surface area (Å²) in [6.45, 7) is 1.08. The molecule has 0 saturated heterocycles. The lowest BCUT2D eigenvalue weighted by Crippen LogP contribution is -2.15. The molecule has 0 spiro atoms. The smallest absolute Gasteiger partial charge is 0.303 e. The average molecular weight is 275 g/mol. The van der Waals surface area contributed by atoms with Crippen LogP contribution >= 0.6 is 0 Å². The summed E-state index contributed by atoms with van der Waals surface area (Å²) in [5.41, 5.74) is 1.44. The zero-order valence-electron chi connectivity index (χ0n) is 10.7. The number of hydrogen-bond acceptors (Lipinski definition) is 5. The van der Waals surface area contributed by atoms with E-state index in [0.717, 1.165) is 5.69 Å². The molecule has 1 aliphatic heterocycles. The Morgan fingerprint density at radius 3 is 2.90 bits per heavy atom. The van der Waals surface area contributed by atoms with Crippen molar-refractivity contribution in [2.24, 2.45) is 0 Å². The summed E-state index contributed by atoms with van der Waals surface area (Å²) >= 11 is 0. The number of benzene rings is 1. The van der Waals surface area contributed by atoms with Crippen LogP contribution in [0.1, 0.15) is 12.1 Å². The molecule has 2 heterocycles.